The molecular weight excluding hydrogens is 440 g/mol. The predicted octanol–water partition coefficient (Wildman–Crippen LogP) is 4.47. The summed E-state index contributed by atoms with van der Waals surface area (Å²) in [5.74, 6) is 0.491. The second kappa shape index (κ2) is 7.82. The van der Waals surface area contributed by atoms with Gasteiger partial charge in [0.2, 0.25) is 5.89 Å². The molecule has 1 saturated heterocycles. The van der Waals surface area contributed by atoms with Gasteiger partial charge in [0.15, 0.2) is 11.3 Å². The van der Waals surface area contributed by atoms with E-state index in [1.54, 1.807) is 28.9 Å². The topological polar surface area (TPSA) is 110 Å². The number of pyridine rings is 2. The molecule has 0 amide bonds. The van der Waals surface area contributed by atoms with Gasteiger partial charge in [0.05, 0.1) is 11.1 Å². The van der Waals surface area contributed by atoms with Gasteiger partial charge in [-0.3, -0.25) is 4.40 Å². The van der Waals surface area contributed by atoms with E-state index in [0.29, 0.717) is 22.8 Å². The van der Waals surface area contributed by atoms with Gasteiger partial charge in [-0.05, 0) is 48.6 Å². The van der Waals surface area contributed by atoms with E-state index in [2.05, 4.69) is 25.1 Å². The number of aromatic nitrogens is 5. The number of rotatable bonds is 5. The molecule has 33 heavy (non-hydrogen) atoms. The van der Waals surface area contributed by atoms with Crippen LogP contribution in [0.3, 0.4) is 0 Å². The number of anilines is 1. The largest absolute Gasteiger partial charge is 0.476 e. The summed E-state index contributed by atoms with van der Waals surface area (Å²) in [7, 11) is 0. The maximum Gasteiger partial charge on any atom is 0.355 e. The zero-order valence-corrected chi connectivity index (χ0v) is 18.2. The highest BCUT2D eigenvalue weighted by Crippen LogP contribution is 2.32. The molecule has 1 N–H and O–H groups in total. The number of hydrogen-bond acceptors (Lipinski definition) is 8. The van der Waals surface area contributed by atoms with E-state index >= 15 is 0 Å². The van der Waals surface area contributed by atoms with Crippen LogP contribution in [0.1, 0.15) is 23.3 Å². The Kier molecular flexibility index (Phi) is 4.65. The average molecular weight is 459 g/mol. The van der Waals surface area contributed by atoms with Crippen LogP contribution in [0.4, 0.5) is 5.82 Å². The average Bonchev–Trinajstić information content (AvgIpc) is 3.63. The van der Waals surface area contributed by atoms with Crippen LogP contribution in [0, 0.1) is 0 Å². The number of imidazole rings is 1. The molecule has 164 valence electrons. The van der Waals surface area contributed by atoms with Crippen molar-refractivity contribution in [2.45, 2.75) is 12.8 Å². The van der Waals surface area contributed by atoms with Crippen LogP contribution in [0.2, 0.25) is 0 Å². The quantitative estimate of drug-likeness (QED) is 0.411. The number of aromatic carboxylic acids is 1. The lowest BCUT2D eigenvalue weighted by Gasteiger charge is -2.15. The molecule has 5 aromatic rings. The first-order chi connectivity index (χ1) is 16.2. The molecule has 1 aliphatic heterocycles. The van der Waals surface area contributed by atoms with Crippen molar-refractivity contribution >= 4 is 28.8 Å². The third-order valence-corrected chi connectivity index (χ3v) is 6.41. The van der Waals surface area contributed by atoms with Crippen molar-refractivity contribution in [2.75, 3.05) is 18.0 Å². The van der Waals surface area contributed by atoms with Crippen molar-refractivity contribution in [1.82, 2.24) is 24.6 Å². The number of carboxylic acid groups (broad SMARTS) is 1. The molecule has 6 rings (SSSR count). The van der Waals surface area contributed by atoms with Crippen LogP contribution in [0.15, 0.2) is 57.9 Å². The SMILES string of the molecule is O=C(O)c1c(-c2ccsc2)nc2c(-c3nnc(-c4ccc(N5CCCC5)nc4)o3)cccn12. The normalized spacial score (nSPS) is 13.8. The van der Waals surface area contributed by atoms with Crippen molar-refractivity contribution in [2.24, 2.45) is 0 Å². The Morgan fingerprint density at radius 3 is 2.64 bits per heavy atom. The Bertz CT molecular complexity index is 1450. The van der Waals surface area contributed by atoms with Gasteiger partial charge in [-0.1, -0.05) is 0 Å². The number of carboxylic acids is 1. The van der Waals surface area contributed by atoms with E-state index in [-0.39, 0.29) is 11.6 Å². The van der Waals surface area contributed by atoms with E-state index in [0.717, 1.165) is 30.0 Å². The maximum absolute atomic E-state index is 12.0. The maximum atomic E-state index is 12.0. The molecule has 0 bridgehead atoms. The van der Waals surface area contributed by atoms with Crippen LogP contribution < -0.4 is 4.90 Å². The van der Waals surface area contributed by atoms with Crippen LogP contribution >= 0.6 is 11.3 Å². The highest BCUT2D eigenvalue weighted by atomic mass is 32.1. The number of thiophene rings is 1. The van der Waals surface area contributed by atoms with Gasteiger partial charge in [-0.2, -0.15) is 11.3 Å². The van der Waals surface area contributed by atoms with Crippen molar-refractivity contribution in [3.63, 3.8) is 0 Å². The minimum atomic E-state index is -1.06. The molecule has 0 atom stereocenters. The van der Waals surface area contributed by atoms with E-state index in [4.69, 9.17) is 4.42 Å². The zero-order chi connectivity index (χ0) is 22.4. The van der Waals surface area contributed by atoms with Gasteiger partial charge >= 0.3 is 5.97 Å². The Labute approximate surface area is 192 Å². The smallest absolute Gasteiger partial charge is 0.355 e. The number of carbonyl (C=O) groups is 1. The fourth-order valence-electron chi connectivity index (χ4n) is 4.13. The molecule has 0 saturated carbocycles. The van der Waals surface area contributed by atoms with E-state index in [9.17, 15) is 9.90 Å². The minimum absolute atomic E-state index is 0.0895. The molecule has 9 nitrogen and oxygen atoms in total. The highest BCUT2D eigenvalue weighted by molar-refractivity contribution is 7.08. The first-order valence-electron chi connectivity index (χ1n) is 10.5. The molecular formula is C23H18N6O3S. The fourth-order valence-corrected chi connectivity index (χ4v) is 4.77. The molecule has 6 heterocycles. The van der Waals surface area contributed by atoms with Crippen molar-refractivity contribution in [1.29, 1.82) is 0 Å². The summed E-state index contributed by atoms with van der Waals surface area (Å²) in [6.45, 7) is 2.05. The molecule has 1 fully saturated rings. The lowest BCUT2D eigenvalue weighted by molar-refractivity contribution is 0.0690. The zero-order valence-electron chi connectivity index (χ0n) is 17.4. The molecule has 1 aliphatic rings. The molecule has 0 unspecified atom stereocenters. The third-order valence-electron chi connectivity index (χ3n) is 5.73. The van der Waals surface area contributed by atoms with Gasteiger partial charge in [-0.15, -0.1) is 10.2 Å². The van der Waals surface area contributed by atoms with Crippen LogP contribution in [0.5, 0.6) is 0 Å². The Morgan fingerprint density at radius 1 is 1.06 bits per heavy atom. The van der Waals surface area contributed by atoms with Gasteiger partial charge in [0.1, 0.15) is 11.5 Å². The lowest BCUT2D eigenvalue weighted by atomic mass is 10.2. The summed E-state index contributed by atoms with van der Waals surface area (Å²) in [5, 5.41) is 22.0. The highest BCUT2D eigenvalue weighted by Gasteiger charge is 2.24. The third kappa shape index (κ3) is 3.35. The first kappa shape index (κ1) is 19.6. The number of fused-ring (bicyclic) bond motifs is 1. The standard InChI is InChI=1S/C23H18N6O3S/c30-23(31)19-18(15-7-11-33-13-15)25-20-16(4-3-10-29(19)20)22-27-26-21(32-22)14-5-6-17(24-12-14)28-8-1-2-9-28/h3-7,10-13H,1-2,8-9H2,(H,30,31). The summed E-state index contributed by atoms with van der Waals surface area (Å²) in [6, 6.07) is 9.26. The lowest BCUT2D eigenvalue weighted by Crippen LogP contribution is -2.18. The molecule has 10 heteroatoms. The Hall–Kier alpha value is -4.05. The second-order valence-electron chi connectivity index (χ2n) is 7.75. The van der Waals surface area contributed by atoms with Crippen molar-refractivity contribution in [3.05, 3.63) is 59.2 Å². The Balaban J connectivity index is 1.40. The van der Waals surface area contributed by atoms with Gasteiger partial charge in [-0.25, -0.2) is 14.8 Å². The fraction of sp³-hybridized carbons (Fsp3) is 0.174. The number of nitrogens with zero attached hydrogens (tertiary/aromatic N) is 6. The summed E-state index contributed by atoms with van der Waals surface area (Å²) in [4.78, 5) is 23.5. The van der Waals surface area contributed by atoms with Gasteiger partial charge in [0, 0.05) is 36.4 Å². The summed E-state index contributed by atoms with van der Waals surface area (Å²) in [6.07, 6.45) is 5.78. The summed E-state index contributed by atoms with van der Waals surface area (Å²) >= 11 is 1.48. The van der Waals surface area contributed by atoms with Crippen LogP contribution in [0.25, 0.3) is 39.8 Å². The molecule has 0 aromatic carbocycles. The molecule has 0 aliphatic carbocycles. The van der Waals surface area contributed by atoms with Crippen LogP contribution in [-0.4, -0.2) is 48.7 Å². The van der Waals surface area contributed by atoms with Gasteiger partial charge in [0.25, 0.3) is 5.89 Å². The summed E-state index contributed by atoms with van der Waals surface area (Å²) in [5.41, 5.74) is 2.96. The van der Waals surface area contributed by atoms with Crippen molar-refractivity contribution < 1.29 is 14.3 Å². The van der Waals surface area contributed by atoms with E-state index < -0.39 is 5.97 Å². The monoisotopic (exact) mass is 458 g/mol. The van der Waals surface area contributed by atoms with E-state index in [1.807, 2.05) is 29.0 Å². The molecule has 5 aromatic heterocycles. The molecule has 0 radical (unpaired) electrons. The Morgan fingerprint density at radius 2 is 1.91 bits per heavy atom. The summed E-state index contributed by atoms with van der Waals surface area (Å²) < 4.78 is 7.50. The van der Waals surface area contributed by atoms with E-state index in [1.165, 1.54) is 24.2 Å². The second-order valence-corrected chi connectivity index (χ2v) is 8.53. The first-order valence-corrected chi connectivity index (χ1v) is 11.5. The van der Waals surface area contributed by atoms with Gasteiger partial charge < -0.3 is 14.4 Å². The van der Waals surface area contributed by atoms with Crippen molar-refractivity contribution in [3.8, 4) is 34.2 Å². The van der Waals surface area contributed by atoms with Crippen LogP contribution in [-0.2, 0) is 0 Å². The minimum Gasteiger partial charge on any atom is -0.476 e. The molecule has 0 spiro atoms. The number of hydrogen-bond donors (Lipinski definition) is 1. The predicted molar refractivity (Wildman–Crippen MR) is 123 cm³/mol.